The molecule has 3 rings (SSSR count). The van der Waals surface area contributed by atoms with E-state index in [0.29, 0.717) is 10.8 Å². The van der Waals surface area contributed by atoms with Gasteiger partial charge in [-0.05, 0) is 48.2 Å². The minimum absolute atomic E-state index is 0.0709. The van der Waals surface area contributed by atoms with E-state index in [4.69, 9.17) is 16.3 Å². The number of thioether (sulfide) groups is 1. The van der Waals surface area contributed by atoms with Gasteiger partial charge in [0, 0.05) is 11.1 Å². The number of nitrogens with zero attached hydrogens (tertiary/aromatic N) is 2. The van der Waals surface area contributed by atoms with Crippen LogP contribution in [0.3, 0.4) is 0 Å². The van der Waals surface area contributed by atoms with Crippen molar-refractivity contribution in [1.29, 1.82) is 0 Å². The fourth-order valence-corrected chi connectivity index (χ4v) is 3.38. The Kier molecular flexibility index (Phi) is 5.78. The first-order chi connectivity index (χ1) is 13.0. The van der Waals surface area contributed by atoms with Crippen LogP contribution >= 0.6 is 23.4 Å². The summed E-state index contributed by atoms with van der Waals surface area (Å²) in [6.07, 6.45) is 1.36. The lowest BCUT2D eigenvalue weighted by Gasteiger charge is -2.13. The third kappa shape index (κ3) is 4.47. The quantitative estimate of drug-likeness (QED) is 0.403. The van der Waals surface area contributed by atoms with Gasteiger partial charge >= 0.3 is 0 Å². The second kappa shape index (κ2) is 8.24. The molecule has 1 aliphatic heterocycles. The third-order valence-electron chi connectivity index (χ3n) is 3.69. The van der Waals surface area contributed by atoms with Crippen LogP contribution in [0.25, 0.3) is 6.08 Å². The molecule has 1 fully saturated rings. The summed E-state index contributed by atoms with van der Waals surface area (Å²) in [7, 11) is 0. The molecule has 0 aliphatic carbocycles. The zero-order chi connectivity index (χ0) is 19.4. The predicted octanol–water partition coefficient (Wildman–Crippen LogP) is 4.36. The number of nitro benzene ring substituents is 1. The van der Waals surface area contributed by atoms with Gasteiger partial charge in [-0.3, -0.25) is 24.6 Å². The molecule has 2 amide bonds. The molecule has 27 heavy (non-hydrogen) atoms. The fraction of sp³-hybridized carbons (Fsp3) is 0.111. The van der Waals surface area contributed by atoms with E-state index in [1.807, 2.05) is 0 Å². The lowest BCUT2D eigenvalue weighted by Crippen LogP contribution is -2.32. The molecule has 0 unspecified atom stereocenters. The van der Waals surface area contributed by atoms with E-state index in [1.54, 1.807) is 30.3 Å². The molecule has 0 atom stereocenters. The number of hydrogen-bond acceptors (Lipinski definition) is 6. The van der Waals surface area contributed by atoms with E-state index in [0.717, 1.165) is 16.7 Å². The normalized spacial score (nSPS) is 15.4. The van der Waals surface area contributed by atoms with E-state index >= 15 is 0 Å². The molecule has 9 heteroatoms. The summed E-state index contributed by atoms with van der Waals surface area (Å²) in [5.74, 6) is 0.0738. The Labute approximate surface area is 163 Å². The number of para-hydroxylation sites is 1. The molecule has 2 aromatic rings. The van der Waals surface area contributed by atoms with Crippen LogP contribution in [-0.2, 0) is 4.79 Å². The van der Waals surface area contributed by atoms with E-state index in [9.17, 15) is 19.7 Å². The molecule has 138 valence electrons. The first-order valence-corrected chi connectivity index (χ1v) is 9.02. The molecule has 1 saturated heterocycles. The summed E-state index contributed by atoms with van der Waals surface area (Å²) < 4.78 is 5.50. The number of ether oxygens (including phenoxy) is 1. The SMILES string of the molecule is O=C1S/C(=C\c2ccccc2[N+](=O)[O-])C(=O)N1CCOc1ccc(Cl)cc1. The molecule has 0 bridgehead atoms. The number of amides is 2. The van der Waals surface area contributed by atoms with Crippen molar-refractivity contribution in [2.45, 2.75) is 0 Å². The van der Waals surface area contributed by atoms with Crippen LogP contribution in [0.5, 0.6) is 5.75 Å². The number of carbonyl (C=O) groups excluding carboxylic acids is 2. The van der Waals surface area contributed by atoms with Gasteiger partial charge in [0.2, 0.25) is 0 Å². The minimum Gasteiger partial charge on any atom is -0.492 e. The summed E-state index contributed by atoms with van der Waals surface area (Å²) in [6, 6.07) is 12.7. The highest BCUT2D eigenvalue weighted by molar-refractivity contribution is 8.18. The molecule has 0 aromatic heterocycles. The van der Waals surface area contributed by atoms with E-state index < -0.39 is 16.1 Å². The molecule has 2 aromatic carbocycles. The number of imide groups is 1. The van der Waals surface area contributed by atoms with Crippen LogP contribution in [0.2, 0.25) is 5.02 Å². The monoisotopic (exact) mass is 404 g/mol. The molecular weight excluding hydrogens is 392 g/mol. The number of hydrogen-bond donors (Lipinski definition) is 0. The zero-order valence-corrected chi connectivity index (χ0v) is 15.4. The Morgan fingerprint density at radius 1 is 1.15 bits per heavy atom. The van der Waals surface area contributed by atoms with Crippen molar-refractivity contribution >= 4 is 46.3 Å². The maximum Gasteiger partial charge on any atom is 0.293 e. The summed E-state index contributed by atoms with van der Waals surface area (Å²) in [5, 5.41) is 11.2. The molecule has 1 aliphatic rings. The van der Waals surface area contributed by atoms with Crippen molar-refractivity contribution in [2.75, 3.05) is 13.2 Å². The predicted molar refractivity (Wildman–Crippen MR) is 103 cm³/mol. The van der Waals surface area contributed by atoms with Crippen molar-refractivity contribution < 1.29 is 19.2 Å². The van der Waals surface area contributed by atoms with Gasteiger partial charge in [-0.25, -0.2) is 0 Å². The van der Waals surface area contributed by atoms with Crippen molar-refractivity contribution in [1.82, 2.24) is 4.90 Å². The molecule has 7 nitrogen and oxygen atoms in total. The van der Waals surface area contributed by atoms with Gasteiger partial charge in [0.25, 0.3) is 16.8 Å². The first-order valence-electron chi connectivity index (χ1n) is 7.83. The number of benzene rings is 2. The van der Waals surface area contributed by atoms with Crippen molar-refractivity contribution in [3.8, 4) is 5.75 Å². The van der Waals surface area contributed by atoms with Gasteiger partial charge in [0.1, 0.15) is 12.4 Å². The molecule has 1 heterocycles. The Morgan fingerprint density at radius 2 is 1.85 bits per heavy atom. The molecule has 0 saturated carbocycles. The highest BCUT2D eigenvalue weighted by atomic mass is 35.5. The summed E-state index contributed by atoms with van der Waals surface area (Å²) in [4.78, 5) is 36.3. The maximum absolute atomic E-state index is 12.5. The second-order valence-electron chi connectivity index (χ2n) is 5.45. The Balaban J connectivity index is 1.68. The van der Waals surface area contributed by atoms with E-state index in [-0.39, 0.29) is 29.3 Å². The standard InChI is InChI=1S/C18H13ClN2O5S/c19-13-5-7-14(8-6-13)26-10-9-20-17(22)16(27-18(20)23)11-12-3-1-2-4-15(12)21(24)25/h1-8,11H,9-10H2/b16-11-. The summed E-state index contributed by atoms with van der Waals surface area (Å²) >= 11 is 6.54. The Hall–Kier alpha value is -2.84. The van der Waals surface area contributed by atoms with Crippen LogP contribution in [-0.4, -0.2) is 34.1 Å². The molecule has 0 spiro atoms. The van der Waals surface area contributed by atoms with Gasteiger partial charge in [0.05, 0.1) is 21.9 Å². The maximum atomic E-state index is 12.5. The smallest absolute Gasteiger partial charge is 0.293 e. The molecule has 0 radical (unpaired) electrons. The average molecular weight is 405 g/mol. The van der Waals surface area contributed by atoms with Gasteiger partial charge in [-0.2, -0.15) is 0 Å². The third-order valence-corrected chi connectivity index (χ3v) is 4.85. The van der Waals surface area contributed by atoms with Crippen LogP contribution < -0.4 is 4.74 Å². The van der Waals surface area contributed by atoms with Gasteiger partial charge in [0.15, 0.2) is 0 Å². The fourth-order valence-electron chi connectivity index (χ4n) is 2.40. The lowest BCUT2D eigenvalue weighted by atomic mass is 10.1. The highest BCUT2D eigenvalue weighted by Gasteiger charge is 2.35. The Bertz CT molecular complexity index is 930. The van der Waals surface area contributed by atoms with Crippen LogP contribution in [0.15, 0.2) is 53.4 Å². The topological polar surface area (TPSA) is 89.8 Å². The minimum atomic E-state index is -0.532. The van der Waals surface area contributed by atoms with E-state index in [2.05, 4.69) is 0 Å². The van der Waals surface area contributed by atoms with Gasteiger partial charge < -0.3 is 4.74 Å². The van der Waals surface area contributed by atoms with Gasteiger partial charge in [-0.15, -0.1) is 0 Å². The molecule has 0 N–H and O–H groups in total. The number of carbonyl (C=O) groups is 2. The second-order valence-corrected chi connectivity index (χ2v) is 6.88. The average Bonchev–Trinajstić information content (AvgIpc) is 2.91. The number of nitro groups is 1. The van der Waals surface area contributed by atoms with Crippen LogP contribution in [0.1, 0.15) is 5.56 Å². The van der Waals surface area contributed by atoms with Crippen molar-refractivity contribution in [3.05, 3.63) is 74.1 Å². The lowest BCUT2D eigenvalue weighted by molar-refractivity contribution is -0.385. The molecular formula is C18H13ClN2O5S. The largest absolute Gasteiger partial charge is 0.492 e. The van der Waals surface area contributed by atoms with E-state index in [1.165, 1.54) is 24.3 Å². The van der Waals surface area contributed by atoms with Crippen molar-refractivity contribution in [2.24, 2.45) is 0 Å². The van der Waals surface area contributed by atoms with Gasteiger partial charge in [-0.1, -0.05) is 23.7 Å². The number of rotatable bonds is 6. The zero-order valence-electron chi connectivity index (χ0n) is 13.8. The number of halogens is 1. The first kappa shape index (κ1) is 18.9. The summed E-state index contributed by atoms with van der Waals surface area (Å²) in [6.45, 7) is 0.194. The Morgan fingerprint density at radius 3 is 2.56 bits per heavy atom. The van der Waals surface area contributed by atoms with Crippen molar-refractivity contribution in [3.63, 3.8) is 0 Å². The summed E-state index contributed by atoms with van der Waals surface area (Å²) in [5.41, 5.74) is 0.140. The van der Waals surface area contributed by atoms with Crippen LogP contribution in [0, 0.1) is 10.1 Å². The van der Waals surface area contributed by atoms with Crippen LogP contribution in [0.4, 0.5) is 10.5 Å². The highest BCUT2D eigenvalue weighted by Crippen LogP contribution is 2.33.